The number of aromatic nitrogens is 1. The average Bonchev–Trinajstić information content (AvgIpc) is 2.80. The van der Waals surface area contributed by atoms with Gasteiger partial charge in [0.1, 0.15) is 5.75 Å². The molecule has 0 spiro atoms. The number of H-pyrrole nitrogens is 1. The fourth-order valence-corrected chi connectivity index (χ4v) is 2.71. The Balaban J connectivity index is 0.00000133. The zero-order valence-electron chi connectivity index (χ0n) is 11.7. The number of likely N-dealkylation sites (N-methyl/N-ethyl adjacent to an activating group) is 1. The highest BCUT2D eigenvalue weighted by Crippen LogP contribution is 2.34. The van der Waals surface area contributed by atoms with Gasteiger partial charge in [0.2, 0.25) is 0 Å². The third kappa shape index (κ3) is 2.64. The number of rotatable bonds is 3. The molecule has 1 aromatic heterocycles. The van der Waals surface area contributed by atoms with E-state index in [0.29, 0.717) is 0 Å². The van der Waals surface area contributed by atoms with Crippen molar-refractivity contribution in [3.05, 3.63) is 29.5 Å². The van der Waals surface area contributed by atoms with Crippen LogP contribution in [-0.4, -0.2) is 45.5 Å². The molecule has 1 aliphatic rings. The van der Waals surface area contributed by atoms with Gasteiger partial charge in [0.05, 0.1) is 6.61 Å². The van der Waals surface area contributed by atoms with Crippen molar-refractivity contribution in [2.45, 2.75) is 19.3 Å². The first kappa shape index (κ1) is 14.0. The smallest absolute Gasteiger partial charge is 0.123 e. The highest BCUT2D eigenvalue weighted by atomic mass is 16.5. The second kappa shape index (κ2) is 5.70. The summed E-state index contributed by atoms with van der Waals surface area (Å²) in [5.74, 6) is 1.08. The van der Waals surface area contributed by atoms with Gasteiger partial charge in [-0.1, -0.05) is 0 Å². The Morgan fingerprint density at radius 3 is 2.95 bits per heavy atom. The van der Waals surface area contributed by atoms with E-state index in [2.05, 4.69) is 42.3 Å². The highest BCUT2D eigenvalue weighted by Gasteiger charge is 2.16. The van der Waals surface area contributed by atoms with Gasteiger partial charge in [0.15, 0.2) is 0 Å². The minimum absolute atomic E-state index is 0. The minimum atomic E-state index is 0. The molecule has 0 fully saturated rings. The van der Waals surface area contributed by atoms with Gasteiger partial charge in [-0.3, -0.25) is 0 Å². The Morgan fingerprint density at radius 2 is 2.16 bits per heavy atom. The fraction of sp³-hybridized carbons (Fsp3) is 0.467. The first-order valence-electron chi connectivity index (χ1n) is 6.65. The Morgan fingerprint density at radius 1 is 1.32 bits per heavy atom. The van der Waals surface area contributed by atoms with Crippen molar-refractivity contribution in [1.29, 1.82) is 0 Å². The van der Waals surface area contributed by atoms with E-state index in [-0.39, 0.29) is 8.41 Å². The summed E-state index contributed by atoms with van der Waals surface area (Å²) in [6.07, 6.45) is 5.51. The highest BCUT2D eigenvalue weighted by molar-refractivity contribution is 5.89. The van der Waals surface area contributed by atoms with Gasteiger partial charge in [-0.15, -0.1) is 0 Å². The van der Waals surface area contributed by atoms with Gasteiger partial charge in [-0.2, -0.15) is 0 Å². The van der Waals surface area contributed by atoms with E-state index < -0.39 is 0 Å². The van der Waals surface area contributed by atoms with Crippen LogP contribution in [0.2, 0.25) is 0 Å². The molecular formula is C15H20BN2O. The van der Waals surface area contributed by atoms with Crippen molar-refractivity contribution in [2.75, 3.05) is 27.2 Å². The molecule has 0 unspecified atom stereocenters. The van der Waals surface area contributed by atoms with Gasteiger partial charge < -0.3 is 14.6 Å². The lowest BCUT2D eigenvalue weighted by Crippen LogP contribution is -2.15. The SMILES string of the molecule is CN(C)CCc1c[nH]c2ccc3c(c12)CCCO3.[B]. The minimum Gasteiger partial charge on any atom is -0.493 e. The molecule has 2 aromatic rings. The summed E-state index contributed by atoms with van der Waals surface area (Å²) in [7, 11) is 4.24. The maximum Gasteiger partial charge on any atom is 0.123 e. The van der Waals surface area contributed by atoms with E-state index in [1.165, 1.54) is 22.0 Å². The standard InChI is InChI=1S/C15H20N2O.B/c1-17(2)8-7-11-10-16-13-5-6-14-12(15(11)13)4-3-9-18-14;/h5-6,10,16H,3-4,7-9H2,1-2H3;. The zero-order valence-corrected chi connectivity index (χ0v) is 11.7. The quantitative estimate of drug-likeness (QED) is 0.852. The molecule has 1 N–H and O–H groups in total. The molecule has 4 heteroatoms. The van der Waals surface area contributed by atoms with Crippen LogP contribution in [0, 0.1) is 0 Å². The molecule has 99 valence electrons. The number of nitrogens with one attached hydrogen (secondary N) is 1. The van der Waals surface area contributed by atoms with E-state index in [1.54, 1.807) is 0 Å². The second-order valence-corrected chi connectivity index (χ2v) is 5.28. The largest absolute Gasteiger partial charge is 0.493 e. The van der Waals surface area contributed by atoms with Crippen molar-refractivity contribution >= 4 is 19.3 Å². The molecule has 1 aromatic carbocycles. The number of hydrogen-bond acceptors (Lipinski definition) is 2. The third-order valence-electron chi connectivity index (χ3n) is 3.65. The Hall–Kier alpha value is -1.42. The Labute approximate surface area is 116 Å². The van der Waals surface area contributed by atoms with Crippen molar-refractivity contribution in [2.24, 2.45) is 0 Å². The first-order valence-corrected chi connectivity index (χ1v) is 6.65. The molecule has 3 nitrogen and oxygen atoms in total. The molecule has 0 aliphatic carbocycles. The van der Waals surface area contributed by atoms with Gasteiger partial charge in [0.25, 0.3) is 0 Å². The van der Waals surface area contributed by atoms with Crippen LogP contribution in [0.25, 0.3) is 10.9 Å². The number of fused-ring (bicyclic) bond motifs is 3. The molecule has 0 bridgehead atoms. The van der Waals surface area contributed by atoms with E-state index in [4.69, 9.17) is 4.74 Å². The van der Waals surface area contributed by atoms with Crippen molar-refractivity contribution in [1.82, 2.24) is 9.88 Å². The number of hydrogen-bond donors (Lipinski definition) is 1. The molecule has 1 aliphatic heterocycles. The zero-order chi connectivity index (χ0) is 12.5. The number of benzene rings is 1. The number of aromatic amines is 1. The average molecular weight is 255 g/mol. The number of aryl methyl sites for hydroxylation is 1. The summed E-state index contributed by atoms with van der Waals surface area (Å²) in [6, 6.07) is 4.24. The molecule has 0 saturated carbocycles. The maximum atomic E-state index is 5.76. The molecule has 3 radical (unpaired) electrons. The van der Waals surface area contributed by atoms with Crippen LogP contribution >= 0.6 is 0 Å². The summed E-state index contributed by atoms with van der Waals surface area (Å²) in [5.41, 5.74) is 4.06. The van der Waals surface area contributed by atoms with Crippen LogP contribution < -0.4 is 4.74 Å². The predicted molar refractivity (Wildman–Crippen MR) is 80.1 cm³/mol. The maximum absolute atomic E-state index is 5.76. The molecular weight excluding hydrogens is 235 g/mol. The van der Waals surface area contributed by atoms with Crippen LogP contribution in [0.5, 0.6) is 5.75 Å². The van der Waals surface area contributed by atoms with Crippen molar-refractivity contribution in [3.63, 3.8) is 0 Å². The van der Waals surface area contributed by atoms with Crippen LogP contribution in [0.4, 0.5) is 0 Å². The Kier molecular flexibility index (Phi) is 4.20. The van der Waals surface area contributed by atoms with E-state index in [9.17, 15) is 0 Å². The van der Waals surface area contributed by atoms with Crippen LogP contribution in [0.3, 0.4) is 0 Å². The third-order valence-corrected chi connectivity index (χ3v) is 3.65. The van der Waals surface area contributed by atoms with Gasteiger partial charge >= 0.3 is 0 Å². The summed E-state index contributed by atoms with van der Waals surface area (Å²) in [5, 5.41) is 1.40. The number of nitrogens with zero attached hydrogens (tertiary/aromatic N) is 1. The summed E-state index contributed by atoms with van der Waals surface area (Å²) in [6.45, 7) is 1.94. The monoisotopic (exact) mass is 255 g/mol. The molecule has 19 heavy (non-hydrogen) atoms. The molecule has 3 rings (SSSR count). The van der Waals surface area contributed by atoms with Crippen LogP contribution in [0.15, 0.2) is 18.3 Å². The topological polar surface area (TPSA) is 28.3 Å². The molecule has 0 saturated heterocycles. The normalized spacial score (nSPS) is 14.1. The predicted octanol–water partition coefficient (Wildman–Crippen LogP) is 2.22. The second-order valence-electron chi connectivity index (χ2n) is 5.28. The van der Waals surface area contributed by atoms with E-state index in [1.807, 2.05) is 0 Å². The van der Waals surface area contributed by atoms with Crippen LogP contribution in [-0.2, 0) is 12.8 Å². The molecule has 0 amide bonds. The summed E-state index contributed by atoms with van der Waals surface area (Å²) < 4.78 is 5.76. The molecule has 2 heterocycles. The lowest BCUT2D eigenvalue weighted by molar-refractivity contribution is 0.289. The lowest BCUT2D eigenvalue weighted by atomic mass is 9.98. The van der Waals surface area contributed by atoms with E-state index >= 15 is 0 Å². The summed E-state index contributed by atoms with van der Waals surface area (Å²) >= 11 is 0. The van der Waals surface area contributed by atoms with E-state index in [0.717, 1.165) is 38.2 Å². The van der Waals surface area contributed by atoms with Gasteiger partial charge in [0, 0.05) is 37.6 Å². The first-order chi connectivity index (χ1) is 8.75. The van der Waals surface area contributed by atoms with Gasteiger partial charge in [-0.25, -0.2) is 0 Å². The molecule has 0 atom stereocenters. The van der Waals surface area contributed by atoms with Gasteiger partial charge in [-0.05, 0) is 51.1 Å². The van der Waals surface area contributed by atoms with Crippen molar-refractivity contribution in [3.8, 4) is 5.75 Å². The number of ether oxygens (including phenoxy) is 1. The van der Waals surface area contributed by atoms with Crippen molar-refractivity contribution < 1.29 is 4.74 Å². The lowest BCUT2D eigenvalue weighted by Gasteiger charge is -2.18. The van der Waals surface area contributed by atoms with Crippen LogP contribution in [0.1, 0.15) is 17.5 Å². The summed E-state index contributed by atoms with van der Waals surface area (Å²) in [4.78, 5) is 5.61. The fourth-order valence-electron chi connectivity index (χ4n) is 2.71. The Bertz CT molecular complexity index is 563.